The van der Waals surface area contributed by atoms with Crippen molar-refractivity contribution < 1.29 is 18.3 Å². The van der Waals surface area contributed by atoms with Gasteiger partial charge in [-0.3, -0.25) is 4.90 Å². The summed E-state index contributed by atoms with van der Waals surface area (Å²) >= 11 is 0. The van der Waals surface area contributed by atoms with Gasteiger partial charge in [-0.25, -0.2) is 14.8 Å². The van der Waals surface area contributed by atoms with E-state index in [-0.39, 0.29) is 29.3 Å². The molecule has 0 radical (unpaired) electrons. The number of amides is 1. The fourth-order valence-corrected chi connectivity index (χ4v) is 7.10. The number of fused-ring (bicyclic) bond motifs is 4. The van der Waals surface area contributed by atoms with Gasteiger partial charge < -0.3 is 20.0 Å². The Morgan fingerprint density at radius 2 is 1.63 bits per heavy atom. The van der Waals surface area contributed by atoms with Gasteiger partial charge in [-0.2, -0.15) is 8.78 Å². The molecule has 0 saturated carbocycles. The number of likely N-dealkylation sites (tertiary alicyclic amines) is 1. The number of nitrogens with one attached hydrogen (secondary N) is 3. The average molecular weight is 623 g/mol. The predicted molar refractivity (Wildman–Crippen MR) is 172 cm³/mol. The van der Waals surface area contributed by atoms with Crippen LogP contribution in [0.4, 0.5) is 13.6 Å². The summed E-state index contributed by atoms with van der Waals surface area (Å²) in [5, 5.41) is 3.47. The molecule has 2 fully saturated rings. The van der Waals surface area contributed by atoms with E-state index in [1.165, 1.54) is 0 Å². The van der Waals surface area contributed by atoms with Crippen LogP contribution < -0.4 is 5.32 Å². The molecule has 3 aliphatic rings. The molecule has 0 unspecified atom stereocenters. The lowest BCUT2D eigenvalue weighted by Gasteiger charge is -2.27. The number of aromatic nitrogens is 4. The zero-order valence-corrected chi connectivity index (χ0v) is 26.1. The molecule has 4 heterocycles. The van der Waals surface area contributed by atoms with Crippen LogP contribution in [0.1, 0.15) is 81.3 Å². The summed E-state index contributed by atoms with van der Waals surface area (Å²) in [6.07, 6.45) is 5.03. The van der Waals surface area contributed by atoms with Crippen molar-refractivity contribution in [1.29, 1.82) is 0 Å². The van der Waals surface area contributed by atoms with E-state index in [1.54, 1.807) is 35.4 Å². The maximum absolute atomic E-state index is 16.2. The smallest absolute Gasteiger partial charge is 0.410 e. The summed E-state index contributed by atoms with van der Waals surface area (Å²) in [7, 11) is 0. The molecule has 2 atom stereocenters. The van der Waals surface area contributed by atoms with Crippen LogP contribution in [0.25, 0.3) is 44.5 Å². The number of aromatic amines is 2. The van der Waals surface area contributed by atoms with Crippen LogP contribution in [0, 0.1) is 0 Å². The maximum atomic E-state index is 16.2. The van der Waals surface area contributed by atoms with Gasteiger partial charge in [0.25, 0.3) is 5.92 Å². The first-order valence-electron chi connectivity index (χ1n) is 16.0. The number of hydrogen-bond acceptors (Lipinski definition) is 5. The number of ether oxygens (including phenoxy) is 1. The normalized spacial score (nSPS) is 20.3. The summed E-state index contributed by atoms with van der Waals surface area (Å²) in [4.78, 5) is 30.6. The predicted octanol–water partition coefficient (Wildman–Crippen LogP) is 8.24. The number of alkyl halides is 2. The molecule has 8 nitrogen and oxygen atoms in total. The number of carbonyl (C=O) groups excluding carboxylic acids is 1. The molecule has 1 amide bonds. The topological polar surface area (TPSA) is 98.9 Å². The number of benzene rings is 3. The minimum atomic E-state index is -3.17. The molecule has 46 heavy (non-hydrogen) atoms. The third-order valence-electron chi connectivity index (χ3n) is 9.33. The van der Waals surface area contributed by atoms with E-state index in [4.69, 9.17) is 9.72 Å². The second kappa shape index (κ2) is 10.5. The van der Waals surface area contributed by atoms with Gasteiger partial charge in [-0.15, -0.1) is 0 Å². The molecule has 8 rings (SSSR count). The van der Waals surface area contributed by atoms with Crippen LogP contribution in [0.3, 0.4) is 0 Å². The monoisotopic (exact) mass is 622 g/mol. The highest BCUT2D eigenvalue weighted by atomic mass is 19.3. The van der Waals surface area contributed by atoms with Crippen LogP contribution in [0.5, 0.6) is 0 Å². The molecule has 3 aromatic carbocycles. The Morgan fingerprint density at radius 1 is 0.913 bits per heavy atom. The first-order valence-corrected chi connectivity index (χ1v) is 16.0. The van der Waals surface area contributed by atoms with Gasteiger partial charge >= 0.3 is 6.09 Å². The quantitative estimate of drug-likeness (QED) is 0.188. The summed E-state index contributed by atoms with van der Waals surface area (Å²) in [5.74, 6) is -1.62. The molecule has 236 valence electrons. The fraction of sp³-hybridized carbons (Fsp3) is 0.361. The second-order valence-electron chi connectivity index (χ2n) is 13.6. The van der Waals surface area contributed by atoms with Crippen molar-refractivity contribution in [3.8, 4) is 33.5 Å². The number of rotatable bonds is 4. The number of H-pyrrole nitrogens is 2. The number of carbonyl (C=O) groups is 1. The van der Waals surface area contributed by atoms with Gasteiger partial charge in [0.1, 0.15) is 17.2 Å². The molecule has 1 aliphatic carbocycles. The summed E-state index contributed by atoms with van der Waals surface area (Å²) < 4.78 is 37.9. The van der Waals surface area contributed by atoms with Gasteiger partial charge in [0.2, 0.25) is 0 Å². The van der Waals surface area contributed by atoms with Crippen molar-refractivity contribution in [3.63, 3.8) is 0 Å². The minimum absolute atomic E-state index is 0.00181. The molecule has 2 saturated heterocycles. The third-order valence-corrected chi connectivity index (χ3v) is 9.33. The Kier molecular flexibility index (Phi) is 6.58. The van der Waals surface area contributed by atoms with Crippen LogP contribution in [-0.2, 0) is 10.7 Å². The van der Waals surface area contributed by atoms with Gasteiger partial charge in [0.05, 0.1) is 35.0 Å². The summed E-state index contributed by atoms with van der Waals surface area (Å²) in [5.41, 5.74) is 5.03. The number of nitrogens with zero attached hydrogens (tertiary/aromatic N) is 3. The van der Waals surface area contributed by atoms with Crippen molar-refractivity contribution in [2.75, 3.05) is 13.1 Å². The minimum Gasteiger partial charge on any atom is -0.444 e. The van der Waals surface area contributed by atoms with Crippen LogP contribution in [0.2, 0.25) is 0 Å². The standard InChI is InChI=1S/C36H36F2N6O2/c1-35(2,3)46-34(45)44-15-5-7-31(44)33-40-19-30(43-33)22-9-12-24-23-11-8-20(16-25(23)36(37,38)26(24)17-22)21-10-13-27-29(18-21)42-32(41-27)28-6-4-14-39-28/h8-13,16-19,28,31,39H,4-7,14-15H2,1-3H3,(H,40,43)(H,41,42)/t28-,31-/m0/s1. The van der Waals surface area contributed by atoms with Crippen molar-refractivity contribution in [3.05, 3.63) is 83.6 Å². The summed E-state index contributed by atoms with van der Waals surface area (Å²) in [6.45, 7) is 7.09. The molecular weight excluding hydrogens is 586 g/mol. The molecule has 10 heteroatoms. The Morgan fingerprint density at radius 3 is 2.37 bits per heavy atom. The highest BCUT2D eigenvalue weighted by Crippen LogP contribution is 2.52. The summed E-state index contributed by atoms with van der Waals surface area (Å²) in [6, 6.07) is 16.3. The number of halogens is 2. The SMILES string of the molecule is CC(C)(C)OC(=O)N1CCC[C@H]1c1ncc(-c2ccc3c(c2)C(F)(F)c2cc(-c4ccc5nc([C@@H]6CCCN6)[nH]c5c4)ccc2-3)[nH]1. The molecule has 0 bridgehead atoms. The van der Waals surface area contributed by atoms with E-state index in [0.717, 1.165) is 60.2 Å². The molecule has 0 spiro atoms. The highest BCUT2D eigenvalue weighted by Gasteiger charge is 2.45. The Hall–Kier alpha value is -4.57. The Bertz CT molecular complexity index is 1980. The first-order chi connectivity index (χ1) is 22.0. The van der Waals surface area contributed by atoms with Gasteiger partial charge in [0.15, 0.2) is 0 Å². The van der Waals surface area contributed by atoms with Crippen LogP contribution in [-0.4, -0.2) is 49.6 Å². The van der Waals surface area contributed by atoms with Gasteiger partial charge in [0, 0.05) is 23.2 Å². The van der Waals surface area contributed by atoms with E-state index in [0.29, 0.717) is 34.8 Å². The van der Waals surface area contributed by atoms with Crippen LogP contribution in [0.15, 0.2) is 60.8 Å². The largest absolute Gasteiger partial charge is 0.444 e. The zero-order chi connectivity index (χ0) is 31.8. The van der Waals surface area contributed by atoms with E-state index >= 15 is 8.78 Å². The van der Waals surface area contributed by atoms with Crippen LogP contribution >= 0.6 is 0 Å². The van der Waals surface area contributed by atoms with Crippen molar-refractivity contribution in [1.82, 2.24) is 30.2 Å². The second-order valence-corrected chi connectivity index (χ2v) is 13.6. The molecule has 2 aromatic heterocycles. The molecule has 5 aromatic rings. The van der Waals surface area contributed by atoms with Gasteiger partial charge in [-0.05, 0) is 99.5 Å². The lowest BCUT2D eigenvalue weighted by Crippen LogP contribution is -2.36. The fourth-order valence-electron chi connectivity index (χ4n) is 7.10. The lowest BCUT2D eigenvalue weighted by molar-refractivity contribution is 0.0218. The number of hydrogen-bond donors (Lipinski definition) is 3. The van der Waals surface area contributed by atoms with Crippen molar-refractivity contribution in [2.45, 2.75) is 70.1 Å². The van der Waals surface area contributed by atoms with E-state index in [2.05, 4.69) is 20.3 Å². The molecular formula is C36H36F2N6O2. The van der Waals surface area contributed by atoms with E-state index in [9.17, 15) is 4.79 Å². The average Bonchev–Trinajstić information content (AvgIpc) is 3.85. The van der Waals surface area contributed by atoms with Crippen molar-refractivity contribution in [2.24, 2.45) is 0 Å². The highest BCUT2D eigenvalue weighted by molar-refractivity contribution is 5.87. The zero-order valence-electron chi connectivity index (χ0n) is 26.1. The Labute approximate surface area is 265 Å². The van der Waals surface area contributed by atoms with Crippen molar-refractivity contribution >= 4 is 17.1 Å². The van der Waals surface area contributed by atoms with E-state index in [1.807, 2.05) is 51.1 Å². The van der Waals surface area contributed by atoms with E-state index < -0.39 is 11.5 Å². The molecule has 3 N–H and O–H groups in total. The number of imidazole rings is 2. The maximum Gasteiger partial charge on any atom is 0.410 e. The first kappa shape index (κ1) is 28.9. The lowest BCUT2D eigenvalue weighted by atomic mass is 9.98. The van der Waals surface area contributed by atoms with Gasteiger partial charge in [-0.1, -0.05) is 30.3 Å². The molecule has 2 aliphatic heterocycles. The third kappa shape index (κ3) is 4.86. The Balaban J connectivity index is 1.07.